The van der Waals surface area contributed by atoms with Gasteiger partial charge >= 0.3 is 6.18 Å². The number of benzene rings is 1. The van der Waals surface area contributed by atoms with Gasteiger partial charge in [0.25, 0.3) is 5.91 Å². The molecule has 3 aromatic rings. The SMILES string of the molecule is C=C(O/N=C(\N)c1nc(N)nc(N(C)c2ccccc2)n1)c1ncccc1C(=O)NCC(F)(F)F. The van der Waals surface area contributed by atoms with Crippen molar-refractivity contribution in [3.8, 4) is 0 Å². The van der Waals surface area contributed by atoms with Gasteiger partial charge in [0.2, 0.25) is 23.6 Å². The van der Waals surface area contributed by atoms with Crippen LogP contribution in [0, 0.1) is 0 Å². The molecule has 2 heterocycles. The van der Waals surface area contributed by atoms with Crippen LogP contribution in [0.1, 0.15) is 21.9 Å². The second kappa shape index (κ2) is 10.5. The lowest BCUT2D eigenvalue weighted by Crippen LogP contribution is -2.34. The zero-order chi connectivity index (χ0) is 25.6. The summed E-state index contributed by atoms with van der Waals surface area (Å²) in [7, 11) is 1.71. The highest BCUT2D eigenvalue weighted by molar-refractivity contribution is 5.98. The number of alkyl halides is 3. The number of carbonyl (C=O) groups is 1. The summed E-state index contributed by atoms with van der Waals surface area (Å²) in [5, 5.41) is 5.44. The number of amides is 1. The summed E-state index contributed by atoms with van der Waals surface area (Å²) in [5.74, 6) is -1.63. The van der Waals surface area contributed by atoms with Crippen LogP contribution in [0.15, 0.2) is 60.4 Å². The van der Waals surface area contributed by atoms with Crippen molar-refractivity contribution in [2.45, 2.75) is 6.18 Å². The van der Waals surface area contributed by atoms with Crippen LogP contribution in [0.5, 0.6) is 0 Å². The topological polar surface area (TPSA) is 158 Å². The molecule has 35 heavy (non-hydrogen) atoms. The van der Waals surface area contributed by atoms with Crippen molar-refractivity contribution in [3.63, 3.8) is 0 Å². The van der Waals surface area contributed by atoms with Crippen molar-refractivity contribution in [1.29, 1.82) is 0 Å². The minimum Gasteiger partial charge on any atom is -0.378 e. The lowest BCUT2D eigenvalue weighted by atomic mass is 10.1. The third-order valence-electron chi connectivity index (χ3n) is 4.33. The molecular formula is C21H20F3N9O2. The number of nitrogens with two attached hydrogens (primary N) is 2. The summed E-state index contributed by atoms with van der Waals surface area (Å²) >= 11 is 0. The van der Waals surface area contributed by atoms with Gasteiger partial charge in [-0.15, -0.1) is 0 Å². The summed E-state index contributed by atoms with van der Waals surface area (Å²) in [5.41, 5.74) is 12.1. The number of hydrogen-bond donors (Lipinski definition) is 3. The second-order valence-corrected chi connectivity index (χ2v) is 6.90. The van der Waals surface area contributed by atoms with Crippen LogP contribution in [0.3, 0.4) is 0 Å². The minimum absolute atomic E-state index is 0.104. The Labute approximate surface area is 197 Å². The Morgan fingerprint density at radius 2 is 1.89 bits per heavy atom. The molecule has 14 heteroatoms. The molecule has 0 aliphatic heterocycles. The number of nitrogens with one attached hydrogen (secondary N) is 1. The Hall–Kier alpha value is -4.75. The van der Waals surface area contributed by atoms with Crippen LogP contribution in [0.4, 0.5) is 30.8 Å². The number of oxime groups is 1. The zero-order valence-corrected chi connectivity index (χ0v) is 18.3. The largest absolute Gasteiger partial charge is 0.405 e. The summed E-state index contributed by atoms with van der Waals surface area (Å²) in [4.78, 5) is 35.2. The van der Waals surface area contributed by atoms with Crippen LogP contribution < -0.4 is 21.7 Å². The van der Waals surface area contributed by atoms with E-state index in [-0.39, 0.29) is 40.6 Å². The quantitative estimate of drug-likeness (QED) is 0.187. The van der Waals surface area contributed by atoms with Crippen molar-refractivity contribution >= 4 is 35.1 Å². The minimum atomic E-state index is -4.58. The maximum atomic E-state index is 12.4. The fourth-order valence-corrected chi connectivity index (χ4v) is 2.69. The van der Waals surface area contributed by atoms with Gasteiger partial charge in [-0.05, 0) is 24.3 Å². The van der Waals surface area contributed by atoms with E-state index >= 15 is 0 Å². The zero-order valence-electron chi connectivity index (χ0n) is 18.3. The summed E-state index contributed by atoms with van der Waals surface area (Å²) in [6.45, 7) is 2.10. The predicted molar refractivity (Wildman–Crippen MR) is 122 cm³/mol. The highest BCUT2D eigenvalue weighted by Gasteiger charge is 2.28. The molecule has 0 spiro atoms. The highest BCUT2D eigenvalue weighted by atomic mass is 19.4. The van der Waals surface area contributed by atoms with Gasteiger partial charge in [-0.2, -0.15) is 28.1 Å². The standard InChI is InChI=1S/C21H20F3N9O2/c1-12(15-14(9-6-10-27-15)18(34)28-11-21(22,23)24)35-32-16(25)17-29-19(26)31-20(30-17)33(2)13-7-4-3-5-8-13/h3-10H,1,11H2,2H3,(H2,25,32)(H,28,34)(H2,26,29,30,31). The number of rotatable bonds is 8. The third-order valence-corrected chi connectivity index (χ3v) is 4.33. The van der Waals surface area contributed by atoms with Crippen molar-refractivity contribution in [2.24, 2.45) is 10.9 Å². The molecule has 0 saturated heterocycles. The first-order valence-corrected chi connectivity index (χ1v) is 9.85. The third kappa shape index (κ3) is 6.63. The molecule has 0 bridgehead atoms. The van der Waals surface area contributed by atoms with E-state index in [1.807, 2.05) is 30.3 Å². The van der Waals surface area contributed by atoms with Gasteiger partial charge in [-0.1, -0.05) is 29.9 Å². The van der Waals surface area contributed by atoms with Gasteiger partial charge in [0.15, 0.2) is 5.76 Å². The van der Waals surface area contributed by atoms with Gasteiger partial charge < -0.3 is 26.5 Å². The van der Waals surface area contributed by atoms with Crippen LogP contribution in [0.25, 0.3) is 5.76 Å². The molecule has 11 nitrogen and oxygen atoms in total. The number of pyridine rings is 1. The summed E-state index contributed by atoms with van der Waals surface area (Å²) in [6, 6.07) is 11.8. The number of hydrogen-bond acceptors (Lipinski definition) is 9. The Morgan fingerprint density at radius 3 is 2.57 bits per heavy atom. The van der Waals surface area contributed by atoms with Crippen molar-refractivity contribution in [2.75, 3.05) is 24.2 Å². The first kappa shape index (κ1) is 24.9. The molecule has 182 valence electrons. The van der Waals surface area contributed by atoms with E-state index in [0.29, 0.717) is 0 Å². The van der Waals surface area contributed by atoms with E-state index in [1.54, 1.807) is 17.3 Å². The lowest BCUT2D eigenvalue weighted by Gasteiger charge is -2.17. The normalized spacial score (nSPS) is 11.6. The second-order valence-electron chi connectivity index (χ2n) is 6.90. The smallest absolute Gasteiger partial charge is 0.378 e. The van der Waals surface area contributed by atoms with Gasteiger partial charge in [-0.3, -0.25) is 9.78 Å². The Bertz CT molecular complexity index is 1250. The molecule has 0 aliphatic carbocycles. The fourth-order valence-electron chi connectivity index (χ4n) is 2.69. The van der Waals surface area contributed by atoms with Gasteiger partial charge in [0, 0.05) is 18.9 Å². The summed E-state index contributed by atoms with van der Waals surface area (Å²) < 4.78 is 37.3. The molecule has 0 radical (unpaired) electrons. The van der Waals surface area contributed by atoms with Crippen LogP contribution in [0.2, 0.25) is 0 Å². The molecule has 0 saturated carbocycles. The molecule has 3 rings (SSSR count). The molecule has 1 amide bonds. The number of nitrogen functional groups attached to an aromatic ring is 1. The van der Waals surface area contributed by atoms with E-state index in [1.165, 1.54) is 18.3 Å². The van der Waals surface area contributed by atoms with E-state index in [0.717, 1.165) is 5.69 Å². The average molecular weight is 487 g/mol. The highest BCUT2D eigenvalue weighted by Crippen LogP contribution is 2.21. The van der Waals surface area contributed by atoms with Crippen molar-refractivity contribution in [3.05, 3.63) is 72.3 Å². The number of amidine groups is 1. The Balaban J connectivity index is 1.78. The number of carbonyl (C=O) groups excluding carboxylic acids is 1. The monoisotopic (exact) mass is 487 g/mol. The van der Waals surface area contributed by atoms with E-state index in [2.05, 4.69) is 31.7 Å². The lowest BCUT2D eigenvalue weighted by molar-refractivity contribution is -0.123. The number of halogens is 3. The molecule has 0 atom stereocenters. The van der Waals surface area contributed by atoms with Crippen LogP contribution in [-0.4, -0.2) is 51.4 Å². The van der Waals surface area contributed by atoms with E-state index in [4.69, 9.17) is 16.3 Å². The number of para-hydroxylation sites is 1. The first-order valence-electron chi connectivity index (χ1n) is 9.85. The molecule has 0 fully saturated rings. The van der Waals surface area contributed by atoms with Crippen LogP contribution >= 0.6 is 0 Å². The fraction of sp³-hybridized carbons (Fsp3) is 0.143. The molecule has 0 aliphatic rings. The molecule has 2 aromatic heterocycles. The Morgan fingerprint density at radius 1 is 1.17 bits per heavy atom. The maximum Gasteiger partial charge on any atom is 0.405 e. The number of anilines is 3. The van der Waals surface area contributed by atoms with E-state index < -0.39 is 18.6 Å². The van der Waals surface area contributed by atoms with Crippen LogP contribution in [-0.2, 0) is 4.84 Å². The maximum absolute atomic E-state index is 12.4. The van der Waals surface area contributed by atoms with Gasteiger partial charge in [-0.25, -0.2) is 0 Å². The first-order chi connectivity index (χ1) is 16.5. The predicted octanol–water partition coefficient (Wildman–Crippen LogP) is 2.22. The van der Waals surface area contributed by atoms with E-state index in [9.17, 15) is 18.0 Å². The average Bonchev–Trinajstić information content (AvgIpc) is 2.84. The van der Waals surface area contributed by atoms with Gasteiger partial charge in [0.1, 0.15) is 12.2 Å². The Kier molecular flexibility index (Phi) is 7.43. The van der Waals surface area contributed by atoms with Crippen molar-refractivity contribution < 1.29 is 22.8 Å². The molecule has 1 aromatic carbocycles. The number of aromatic nitrogens is 4. The van der Waals surface area contributed by atoms with Gasteiger partial charge in [0.05, 0.1) is 5.56 Å². The summed E-state index contributed by atoms with van der Waals surface area (Å²) in [6.07, 6.45) is -3.28. The van der Waals surface area contributed by atoms with Crippen molar-refractivity contribution in [1.82, 2.24) is 25.3 Å². The molecular weight excluding hydrogens is 467 g/mol. The molecule has 0 unspecified atom stereocenters. The number of nitrogens with zero attached hydrogens (tertiary/aromatic N) is 6. The molecule has 5 N–H and O–H groups in total.